The molecule has 17 heavy (non-hydrogen) atoms. The number of hydrogen-bond acceptors (Lipinski definition) is 2. The Bertz CT molecular complexity index is 241. The van der Waals surface area contributed by atoms with Crippen molar-refractivity contribution in [2.75, 3.05) is 6.54 Å². The van der Waals surface area contributed by atoms with Gasteiger partial charge in [0.2, 0.25) is 5.91 Å². The Hall–Kier alpha value is -1.06. The number of amides is 1. The topological polar surface area (TPSA) is 66.4 Å². The van der Waals surface area contributed by atoms with E-state index in [0.29, 0.717) is 18.9 Å². The highest BCUT2D eigenvalue weighted by Gasteiger charge is 2.12. The molecule has 0 spiro atoms. The molecule has 0 aromatic carbocycles. The van der Waals surface area contributed by atoms with E-state index >= 15 is 0 Å². The Morgan fingerprint density at radius 3 is 2.29 bits per heavy atom. The summed E-state index contributed by atoms with van der Waals surface area (Å²) in [4.78, 5) is 22.0. The number of hydrogen-bond donors (Lipinski definition) is 2. The lowest BCUT2D eigenvalue weighted by atomic mass is 9.96. The smallest absolute Gasteiger partial charge is 0.303 e. The summed E-state index contributed by atoms with van der Waals surface area (Å²) in [6.45, 7) is 6.62. The van der Waals surface area contributed by atoms with Gasteiger partial charge in [-0.3, -0.25) is 9.59 Å². The molecule has 1 amide bonds. The minimum atomic E-state index is -0.743. The molecule has 0 bridgehead atoms. The van der Waals surface area contributed by atoms with Crippen LogP contribution >= 0.6 is 0 Å². The predicted octanol–water partition coefficient (Wildman–Crippen LogP) is 2.43. The van der Waals surface area contributed by atoms with Crippen LogP contribution < -0.4 is 5.32 Å². The number of nitrogens with one attached hydrogen (secondary N) is 1. The molecule has 0 heterocycles. The van der Waals surface area contributed by atoms with Crippen molar-refractivity contribution in [2.45, 2.75) is 52.9 Å². The van der Waals surface area contributed by atoms with Crippen LogP contribution in [0.2, 0.25) is 0 Å². The second kappa shape index (κ2) is 9.02. The van der Waals surface area contributed by atoms with Crippen molar-refractivity contribution < 1.29 is 14.7 Å². The molecular weight excluding hydrogens is 218 g/mol. The van der Waals surface area contributed by atoms with Gasteiger partial charge in [-0.1, -0.05) is 27.2 Å². The SMILES string of the molecule is CCC(CCNC(=O)C(C)CC)CCC(=O)O. The molecule has 2 atom stereocenters. The summed E-state index contributed by atoms with van der Waals surface area (Å²) in [5.74, 6) is -0.190. The van der Waals surface area contributed by atoms with E-state index in [1.807, 2.05) is 13.8 Å². The zero-order chi connectivity index (χ0) is 13.3. The first-order valence-corrected chi connectivity index (χ1v) is 6.50. The van der Waals surface area contributed by atoms with Gasteiger partial charge in [0.25, 0.3) is 0 Å². The second-order valence-corrected chi connectivity index (χ2v) is 4.60. The van der Waals surface area contributed by atoms with Gasteiger partial charge in [0, 0.05) is 18.9 Å². The van der Waals surface area contributed by atoms with Crippen LogP contribution in [0.5, 0.6) is 0 Å². The highest BCUT2D eigenvalue weighted by Crippen LogP contribution is 2.14. The number of rotatable bonds is 9. The highest BCUT2D eigenvalue weighted by atomic mass is 16.4. The first-order valence-electron chi connectivity index (χ1n) is 6.50. The van der Waals surface area contributed by atoms with E-state index in [1.165, 1.54) is 0 Å². The molecule has 0 radical (unpaired) electrons. The van der Waals surface area contributed by atoms with Crippen LogP contribution in [0.1, 0.15) is 52.9 Å². The van der Waals surface area contributed by atoms with E-state index in [4.69, 9.17) is 5.11 Å². The van der Waals surface area contributed by atoms with Gasteiger partial charge in [-0.25, -0.2) is 0 Å². The summed E-state index contributed by atoms with van der Waals surface area (Å²) in [5, 5.41) is 11.5. The van der Waals surface area contributed by atoms with Gasteiger partial charge in [-0.2, -0.15) is 0 Å². The molecule has 0 fully saturated rings. The monoisotopic (exact) mass is 243 g/mol. The van der Waals surface area contributed by atoms with E-state index in [1.54, 1.807) is 0 Å². The van der Waals surface area contributed by atoms with E-state index in [0.717, 1.165) is 19.3 Å². The molecule has 0 saturated carbocycles. The maximum absolute atomic E-state index is 11.5. The van der Waals surface area contributed by atoms with Gasteiger partial charge in [0.05, 0.1) is 0 Å². The Balaban J connectivity index is 3.76. The van der Waals surface area contributed by atoms with Crippen molar-refractivity contribution in [3.05, 3.63) is 0 Å². The fourth-order valence-electron chi connectivity index (χ4n) is 1.64. The average molecular weight is 243 g/mol. The lowest BCUT2D eigenvalue weighted by molar-refractivity contribution is -0.137. The summed E-state index contributed by atoms with van der Waals surface area (Å²) in [6.07, 6.45) is 3.60. The number of aliphatic carboxylic acids is 1. The first-order chi connectivity index (χ1) is 8.01. The minimum Gasteiger partial charge on any atom is -0.481 e. The summed E-state index contributed by atoms with van der Waals surface area (Å²) in [6, 6.07) is 0. The fourth-order valence-corrected chi connectivity index (χ4v) is 1.64. The molecular formula is C13H25NO3. The normalized spacial score (nSPS) is 14.1. The average Bonchev–Trinajstić information content (AvgIpc) is 2.31. The first kappa shape index (κ1) is 15.9. The molecule has 2 N–H and O–H groups in total. The van der Waals surface area contributed by atoms with Crippen molar-refractivity contribution >= 4 is 11.9 Å². The quantitative estimate of drug-likeness (QED) is 0.653. The molecule has 0 aromatic rings. The van der Waals surface area contributed by atoms with Gasteiger partial charge in [-0.15, -0.1) is 0 Å². The number of carboxylic acid groups (broad SMARTS) is 1. The van der Waals surface area contributed by atoms with E-state index in [2.05, 4.69) is 12.2 Å². The standard InChI is InChI=1S/C13H25NO3/c1-4-10(3)13(17)14-9-8-11(5-2)6-7-12(15)16/h10-11H,4-9H2,1-3H3,(H,14,17)(H,15,16). The summed E-state index contributed by atoms with van der Waals surface area (Å²) in [5.41, 5.74) is 0. The second-order valence-electron chi connectivity index (χ2n) is 4.60. The molecule has 0 aliphatic heterocycles. The van der Waals surface area contributed by atoms with Crippen LogP contribution in [0.25, 0.3) is 0 Å². The van der Waals surface area contributed by atoms with E-state index in [-0.39, 0.29) is 18.2 Å². The lowest BCUT2D eigenvalue weighted by Gasteiger charge is -2.15. The Kier molecular flexibility index (Phi) is 8.46. The largest absolute Gasteiger partial charge is 0.481 e. The van der Waals surface area contributed by atoms with Crippen LogP contribution in [-0.4, -0.2) is 23.5 Å². The lowest BCUT2D eigenvalue weighted by Crippen LogP contribution is -2.30. The third kappa shape index (κ3) is 7.77. The van der Waals surface area contributed by atoms with Crippen LogP contribution in [0, 0.1) is 11.8 Å². The van der Waals surface area contributed by atoms with E-state index in [9.17, 15) is 9.59 Å². The van der Waals surface area contributed by atoms with Gasteiger partial charge < -0.3 is 10.4 Å². The van der Waals surface area contributed by atoms with Crippen LogP contribution in [0.4, 0.5) is 0 Å². The van der Waals surface area contributed by atoms with Gasteiger partial charge in [-0.05, 0) is 25.2 Å². The summed E-state index contributed by atoms with van der Waals surface area (Å²) >= 11 is 0. The molecule has 4 heteroatoms. The highest BCUT2D eigenvalue weighted by molar-refractivity contribution is 5.78. The number of carboxylic acids is 1. The third-order valence-electron chi connectivity index (χ3n) is 3.26. The molecule has 4 nitrogen and oxygen atoms in total. The number of carbonyl (C=O) groups excluding carboxylic acids is 1. The van der Waals surface area contributed by atoms with Crippen LogP contribution in [0.15, 0.2) is 0 Å². The Labute approximate surface area is 104 Å². The molecule has 0 aliphatic carbocycles. The zero-order valence-corrected chi connectivity index (χ0v) is 11.2. The van der Waals surface area contributed by atoms with Crippen molar-refractivity contribution in [3.63, 3.8) is 0 Å². The van der Waals surface area contributed by atoms with Gasteiger partial charge in [0.15, 0.2) is 0 Å². The maximum atomic E-state index is 11.5. The van der Waals surface area contributed by atoms with Gasteiger partial charge in [0.1, 0.15) is 0 Å². The third-order valence-corrected chi connectivity index (χ3v) is 3.26. The summed E-state index contributed by atoms with van der Waals surface area (Å²) < 4.78 is 0. The minimum absolute atomic E-state index is 0.0640. The molecule has 0 saturated heterocycles. The molecule has 2 unspecified atom stereocenters. The van der Waals surface area contributed by atoms with E-state index < -0.39 is 5.97 Å². The van der Waals surface area contributed by atoms with Crippen LogP contribution in [0.3, 0.4) is 0 Å². The van der Waals surface area contributed by atoms with Crippen molar-refractivity contribution in [1.82, 2.24) is 5.32 Å². The van der Waals surface area contributed by atoms with Crippen LogP contribution in [-0.2, 0) is 9.59 Å². The molecule has 0 rings (SSSR count). The Morgan fingerprint density at radius 2 is 1.82 bits per heavy atom. The summed E-state index contributed by atoms with van der Waals surface area (Å²) in [7, 11) is 0. The molecule has 0 aromatic heterocycles. The molecule has 0 aliphatic rings. The van der Waals surface area contributed by atoms with Gasteiger partial charge >= 0.3 is 5.97 Å². The number of carbonyl (C=O) groups is 2. The Morgan fingerprint density at radius 1 is 1.18 bits per heavy atom. The predicted molar refractivity (Wildman–Crippen MR) is 67.7 cm³/mol. The van der Waals surface area contributed by atoms with Crippen molar-refractivity contribution in [2.24, 2.45) is 11.8 Å². The fraction of sp³-hybridized carbons (Fsp3) is 0.846. The van der Waals surface area contributed by atoms with Crippen molar-refractivity contribution in [1.29, 1.82) is 0 Å². The zero-order valence-electron chi connectivity index (χ0n) is 11.2. The maximum Gasteiger partial charge on any atom is 0.303 e. The van der Waals surface area contributed by atoms with Crippen molar-refractivity contribution in [3.8, 4) is 0 Å². The molecule has 100 valence electrons.